The van der Waals surface area contributed by atoms with Crippen molar-refractivity contribution in [1.82, 2.24) is 15.3 Å². The average Bonchev–Trinajstić information content (AvgIpc) is 2.35. The Labute approximate surface area is 131 Å². The number of halogens is 6. The van der Waals surface area contributed by atoms with E-state index < -0.39 is 43.2 Å². The molecule has 22 heavy (non-hydrogen) atoms. The molecule has 1 aliphatic heterocycles. The van der Waals surface area contributed by atoms with Gasteiger partial charge in [-0.25, -0.2) is 9.97 Å². The summed E-state index contributed by atoms with van der Waals surface area (Å²) >= 11 is 0. The Morgan fingerprint density at radius 3 is 2.64 bits per heavy atom. The van der Waals surface area contributed by atoms with Gasteiger partial charge in [0.1, 0.15) is 5.82 Å². The first kappa shape index (κ1) is 15.6. The highest BCUT2D eigenvalue weighted by Gasteiger charge is 2.40. The summed E-state index contributed by atoms with van der Waals surface area (Å²) in [6.07, 6.45) is -8.11. The highest BCUT2D eigenvalue weighted by Crippen LogP contribution is 2.27. The second-order valence-corrected chi connectivity index (χ2v) is 4.37. The summed E-state index contributed by atoms with van der Waals surface area (Å²) in [4.78, 5) is 6.56. The third-order valence-corrected chi connectivity index (χ3v) is 2.65. The monoisotopic (exact) mass is 350 g/mol. The predicted molar refractivity (Wildman–Crippen MR) is 70.1 cm³/mol. The number of anilines is 1. The van der Waals surface area contributed by atoms with E-state index in [1.165, 1.54) is 6.92 Å². The van der Waals surface area contributed by atoms with Crippen LogP contribution in [-0.4, -0.2) is 41.3 Å². The molecule has 0 amide bonds. The van der Waals surface area contributed by atoms with E-state index in [-0.39, 0.29) is 18.2 Å². The zero-order valence-corrected chi connectivity index (χ0v) is 11.9. The fourth-order valence-corrected chi connectivity index (χ4v) is 1.64. The van der Waals surface area contributed by atoms with Crippen LogP contribution in [0.2, 0.25) is 0 Å². The normalized spacial score (nSPS) is 26.5. The van der Waals surface area contributed by atoms with Gasteiger partial charge in [-0.1, -0.05) is 0 Å². The summed E-state index contributed by atoms with van der Waals surface area (Å²) in [5.41, 5.74) is -1.23. The molecule has 126 valence electrons. The molecule has 0 unspecified atom stereocenters. The lowest BCUT2D eigenvalue weighted by Crippen LogP contribution is -2.57. The maximum atomic E-state index is 13.0. The minimum Gasteiger partial charge on any atom is -0.367 e. The van der Waals surface area contributed by atoms with E-state index >= 15 is 0 Å². The van der Waals surface area contributed by atoms with Gasteiger partial charge in [-0.2, -0.15) is 22.0 Å². The smallest absolute Gasteiger partial charge is 0.367 e. The van der Waals surface area contributed by atoms with Gasteiger partial charge in [0.15, 0.2) is 5.69 Å². The van der Waals surface area contributed by atoms with Crippen molar-refractivity contribution in [1.29, 1.82) is 0 Å². The summed E-state index contributed by atoms with van der Waals surface area (Å²) in [5.74, 6) is -0.269. The van der Waals surface area contributed by atoms with Crippen molar-refractivity contribution in [3.8, 4) is 0 Å². The number of aromatic nitrogens is 2. The van der Waals surface area contributed by atoms with Crippen molar-refractivity contribution < 1.29 is 29.4 Å². The fraction of sp³-hybridized carbons (Fsp3) is 0.636. The van der Waals surface area contributed by atoms with E-state index in [0.29, 0.717) is 12.4 Å². The standard InChI is InChI=1S/C11H13F5N4O.ClH/c1-6-7(20-5-10(12,13)21-6)2-18-9-4-17-8(3-19-9)11(14,15)16;/h3-4,6-7,20H,2,5H2,1H3,(H,18,19);1H/t6-,7+;/m0./s1/i2D2;. The second-order valence-electron chi connectivity index (χ2n) is 4.37. The maximum Gasteiger partial charge on any atom is 0.434 e. The lowest BCUT2D eigenvalue weighted by atomic mass is 10.1. The molecule has 1 fully saturated rings. The molecule has 2 N–H and O–H groups in total. The SMILES string of the molecule is Cl.[2H]C([2H])(Nc1cnc(C(F)(F)F)cn1)[C@H]1NCC(F)(F)O[C@H]1C. The molecule has 2 rings (SSSR count). The number of hydrogen-bond acceptors (Lipinski definition) is 5. The third-order valence-electron chi connectivity index (χ3n) is 2.65. The van der Waals surface area contributed by atoms with Crippen LogP contribution < -0.4 is 10.6 Å². The van der Waals surface area contributed by atoms with Crippen molar-refractivity contribution in [3.63, 3.8) is 0 Å². The predicted octanol–water partition coefficient (Wildman–Crippen LogP) is 2.30. The van der Waals surface area contributed by atoms with Crippen LogP contribution in [0.25, 0.3) is 0 Å². The molecule has 1 saturated heterocycles. The van der Waals surface area contributed by atoms with Crippen molar-refractivity contribution in [2.75, 3.05) is 18.4 Å². The van der Waals surface area contributed by atoms with Gasteiger partial charge < -0.3 is 15.4 Å². The average molecular weight is 351 g/mol. The zero-order valence-electron chi connectivity index (χ0n) is 13.1. The molecule has 0 radical (unpaired) electrons. The first-order valence-corrected chi connectivity index (χ1v) is 5.87. The van der Waals surface area contributed by atoms with Crippen molar-refractivity contribution in [2.45, 2.75) is 31.4 Å². The summed E-state index contributed by atoms with van der Waals surface area (Å²) in [6.45, 7) is -1.95. The van der Waals surface area contributed by atoms with Crippen LogP contribution in [0.5, 0.6) is 0 Å². The van der Waals surface area contributed by atoms with Crippen LogP contribution in [0.3, 0.4) is 0 Å². The van der Waals surface area contributed by atoms with E-state index in [4.69, 9.17) is 2.74 Å². The first-order valence-electron chi connectivity index (χ1n) is 6.87. The molecule has 0 bridgehead atoms. The van der Waals surface area contributed by atoms with Gasteiger partial charge in [0.2, 0.25) is 0 Å². The Kier molecular flexibility index (Phi) is 4.89. The highest BCUT2D eigenvalue weighted by molar-refractivity contribution is 5.85. The Bertz CT molecular complexity index is 560. The quantitative estimate of drug-likeness (QED) is 0.819. The lowest BCUT2D eigenvalue weighted by molar-refractivity contribution is -0.278. The number of nitrogens with zero attached hydrogens (tertiary/aromatic N) is 2. The number of alkyl halides is 5. The molecule has 5 nitrogen and oxygen atoms in total. The lowest BCUT2D eigenvalue weighted by Gasteiger charge is -2.35. The van der Waals surface area contributed by atoms with Gasteiger partial charge in [0.25, 0.3) is 0 Å². The van der Waals surface area contributed by atoms with E-state index in [9.17, 15) is 22.0 Å². The topological polar surface area (TPSA) is 59.1 Å². The molecular formula is C11H14ClF5N4O. The van der Waals surface area contributed by atoms with Crippen molar-refractivity contribution in [2.24, 2.45) is 0 Å². The van der Waals surface area contributed by atoms with Crippen LogP contribution in [0.1, 0.15) is 15.4 Å². The van der Waals surface area contributed by atoms with E-state index in [1.807, 2.05) is 0 Å². The molecule has 0 aromatic carbocycles. The largest absolute Gasteiger partial charge is 0.434 e. The van der Waals surface area contributed by atoms with Crippen LogP contribution in [-0.2, 0) is 10.9 Å². The molecule has 1 aromatic heterocycles. The van der Waals surface area contributed by atoms with Crippen LogP contribution in [0, 0.1) is 0 Å². The minimum absolute atomic E-state index is 0. The molecule has 0 spiro atoms. The van der Waals surface area contributed by atoms with Crippen molar-refractivity contribution >= 4 is 18.2 Å². The molecule has 11 heteroatoms. The van der Waals surface area contributed by atoms with Gasteiger partial charge in [0.05, 0.1) is 33.8 Å². The van der Waals surface area contributed by atoms with Crippen LogP contribution in [0.4, 0.5) is 27.8 Å². The Morgan fingerprint density at radius 2 is 2.14 bits per heavy atom. The number of ether oxygens (including phenoxy) is 1. The van der Waals surface area contributed by atoms with E-state index in [0.717, 1.165) is 0 Å². The molecule has 1 aromatic rings. The Hall–Kier alpha value is -1.26. The zero-order chi connectivity index (χ0) is 17.5. The van der Waals surface area contributed by atoms with E-state index in [1.54, 1.807) is 0 Å². The second kappa shape index (κ2) is 6.88. The highest BCUT2D eigenvalue weighted by atomic mass is 35.5. The summed E-state index contributed by atoms with van der Waals surface area (Å²) in [7, 11) is 0. The molecule has 0 aliphatic carbocycles. The minimum atomic E-state index is -4.66. The molecule has 0 saturated carbocycles. The maximum absolute atomic E-state index is 13.0. The van der Waals surface area contributed by atoms with Crippen LogP contribution >= 0.6 is 12.4 Å². The number of rotatable bonds is 3. The molecular weight excluding hydrogens is 335 g/mol. The molecule has 2 heterocycles. The molecule has 1 aliphatic rings. The van der Waals surface area contributed by atoms with Crippen LogP contribution in [0.15, 0.2) is 12.4 Å². The van der Waals surface area contributed by atoms with Gasteiger partial charge in [0, 0.05) is 6.50 Å². The Morgan fingerprint density at radius 1 is 1.45 bits per heavy atom. The summed E-state index contributed by atoms with van der Waals surface area (Å²) in [6, 6.07) is -1.17. The van der Waals surface area contributed by atoms with Gasteiger partial charge >= 0.3 is 12.3 Å². The fourth-order valence-electron chi connectivity index (χ4n) is 1.64. The number of nitrogens with one attached hydrogen (secondary N) is 2. The van der Waals surface area contributed by atoms with Gasteiger partial charge in [-0.3, -0.25) is 0 Å². The third kappa shape index (κ3) is 4.89. The van der Waals surface area contributed by atoms with Gasteiger partial charge in [-0.15, -0.1) is 12.4 Å². The number of morpholine rings is 1. The summed E-state index contributed by atoms with van der Waals surface area (Å²) in [5, 5.41) is 4.54. The summed E-state index contributed by atoms with van der Waals surface area (Å²) < 4.78 is 83.4. The van der Waals surface area contributed by atoms with E-state index in [2.05, 4.69) is 25.3 Å². The molecule has 2 atom stereocenters. The van der Waals surface area contributed by atoms with Gasteiger partial charge in [-0.05, 0) is 6.92 Å². The first-order chi connectivity index (χ1) is 10.4. The number of hydrogen-bond donors (Lipinski definition) is 2. The Balaban J connectivity index is 0.00000288. The van der Waals surface area contributed by atoms with Crippen molar-refractivity contribution in [3.05, 3.63) is 18.1 Å².